The van der Waals surface area contributed by atoms with Crippen LogP contribution in [-0.2, 0) is 0 Å². The van der Waals surface area contributed by atoms with Crippen molar-refractivity contribution in [2.45, 2.75) is 25.9 Å². The van der Waals surface area contributed by atoms with Crippen molar-refractivity contribution in [2.24, 2.45) is 11.8 Å². The summed E-state index contributed by atoms with van der Waals surface area (Å²) in [5, 5.41) is 17.1. The molecular formula is C8H12F2N2Si. The van der Waals surface area contributed by atoms with Crippen LogP contribution in [0.25, 0.3) is 0 Å². The number of halogens is 2. The first kappa shape index (κ1) is 12.1. The third-order valence-electron chi connectivity index (χ3n) is 1.94. The maximum atomic E-state index is 13.1. The zero-order chi connectivity index (χ0) is 10.6. The molecule has 0 aromatic heterocycles. The molecule has 0 saturated heterocycles. The van der Waals surface area contributed by atoms with Crippen LogP contribution in [0.2, 0.25) is 12.1 Å². The Hall–Kier alpha value is -0.943. The fourth-order valence-electron chi connectivity index (χ4n) is 1.45. The van der Waals surface area contributed by atoms with Gasteiger partial charge >= 0.3 is 8.74 Å². The van der Waals surface area contributed by atoms with Gasteiger partial charge in [-0.05, 0) is 12.5 Å². The highest BCUT2D eigenvalue weighted by Gasteiger charge is 2.46. The van der Waals surface area contributed by atoms with Gasteiger partial charge in [0.25, 0.3) is 0 Å². The molecule has 72 valence electrons. The molecule has 0 aliphatic carbocycles. The number of nitrogens with zero attached hydrogens (tertiary/aromatic N) is 2. The molecule has 0 amide bonds. The molecular weight excluding hydrogens is 190 g/mol. The number of rotatable bonds is 3. The zero-order valence-corrected chi connectivity index (χ0v) is 8.88. The van der Waals surface area contributed by atoms with Crippen LogP contribution in [0, 0.1) is 34.5 Å². The fourth-order valence-corrected chi connectivity index (χ4v) is 3.36. The lowest BCUT2D eigenvalue weighted by atomic mass is 9.99. The Morgan fingerprint density at radius 1 is 1.15 bits per heavy atom. The molecule has 0 aliphatic rings. The van der Waals surface area contributed by atoms with Crippen molar-refractivity contribution in [3.63, 3.8) is 0 Å². The van der Waals surface area contributed by atoms with Gasteiger partial charge in [-0.3, -0.25) is 8.22 Å². The summed E-state index contributed by atoms with van der Waals surface area (Å²) in [6.45, 7) is 4.13. The second-order valence-electron chi connectivity index (χ2n) is 3.46. The van der Waals surface area contributed by atoms with Gasteiger partial charge in [-0.15, -0.1) is 0 Å². The van der Waals surface area contributed by atoms with E-state index in [2.05, 4.69) is 0 Å². The normalized spacial score (nSPS) is 13.9. The number of nitriles is 2. The maximum absolute atomic E-state index is 13.1. The molecule has 0 aromatic rings. The minimum absolute atomic E-state index is 0.323. The van der Waals surface area contributed by atoms with E-state index in [4.69, 9.17) is 10.5 Å². The molecule has 0 heterocycles. The molecule has 0 aromatic carbocycles. The Labute approximate surface area is 78.1 Å². The van der Waals surface area contributed by atoms with Crippen molar-refractivity contribution < 1.29 is 8.22 Å². The predicted molar refractivity (Wildman–Crippen MR) is 47.1 cm³/mol. The molecule has 0 radical (unpaired) electrons. The van der Waals surface area contributed by atoms with Crippen LogP contribution < -0.4 is 0 Å². The molecule has 0 bridgehead atoms. The van der Waals surface area contributed by atoms with Gasteiger partial charge in [-0.2, -0.15) is 10.5 Å². The van der Waals surface area contributed by atoms with Gasteiger partial charge in [-0.25, -0.2) is 0 Å². The van der Waals surface area contributed by atoms with Crippen molar-refractivity contribution in [2.75, 3.05) is 0 Å². The summed E-state index contributed by atoms with van der Waals surface area (Å²) in [6.07, 6.45) is 0. The summed E-state index contributed by atoms with van der Waals surface area (Å²) in [7, 11) is -4.40. The van der Waals surface area contributed by atoms with Crippen LogP contribution in [0.1, 0.15) is 13.8 Å². The standard InChI is InChI=1S/C8H12F2N2Si/c1-6(2)8(13(3,9)10)7(4-11)5-12/h6-8H,1-3H3. The molecule has 0 rings (SSSR count). The summed E-state index contributed by atoms with van der Waals surface area (Å²) >= 11 is 0. The van der Waals surface area contributed by atoms with E-state index in [0.29, 0.717) is 0 Å². The summed E-state index contributed by atoms with van der Waals surface area (Å²) in [6, 6.07) is 3.27. The number of hydrogen-bond acceptors (Lipinski definition) is 2. The molecule has 13 heavy (non-hydrogen) atoms. The van der Waals surface area contributed by atoms with Crippen LogP contribution in [0.4, 0.5) is 8.22 Å². The second kappa shape index (κ2) is 4.34. The SMILES string of the molecule is CC(C)C(C(C#N)C#N)[Si](C)(F)F. The van der Waals surface area contributed by atoms with E-state index in [-0.39, 0.29) is 5.92 Å². The molecule has 0 saturated carbocycles. The van der Waals surface area contributed by atoms with E-state index < -0.39 is 20.2 Å². The quantitative estimate of drug-likeness (QED) is 0.521. The molecule has 0 fully saturated rings. The highest BCUT2D eigenvalue weighted by atomic mass is 28.4. The van der Waals surface area contributed by atoms with E-state index >= 15 is 0 Å². The Bertz CT molecular complexity index is 232. The fraction of sp³-hybridized carbons (Fsp3) is 0.750. The summed E-state index contributed by atoms with van der Waals surface area (Å²) < 4.78 is 26.2. The molecule has 1 unspecified atom stereocenters. The maximum Gasteiger partial charge on any atom is 0.427 e. The highest BCUT2D eigenvalue weighted by molar-refractivity contribution is 6.66. The van der Waals surface area contributed by atoms with E-state index in [9.17, 15) is 8.22 Å². The minimum Gasteiger partial charge on any atom is -0.270 e. The van der Waals surface area contributed by atoms with Crippen LogP contribution in [0.15, 0.2) is 0 Å². The zero-order valence-electron chi connectivity index (χ0n) is 7.88. The summed E-state index contributed by atoms with van der Waals surface area (Å²) in [4.78, 5) is 0. The monoisotopic (exact) mass is 202 g/mol. The lowest BCUT2D eigenvalue weighted by Crippen LogP contribution is -2.33. The molecule has 1 atom stereocenters. The van der Waals surface area contributed by atoms with Crippen molar-refractivity contribution in [3.05, 3.63) is 0 Å². The van der Waals surface area contributed by atoms with E-state index in [1.54, 1.807) is 26.0 Å². The van der Waals surface area contributed by atoms with Crippen molar-refractivity contribution >= 4 is 8.74 Å². The van der Waals surface area contributed by atoms with Gasteiger partial charge in [0.05, 0.1) is 12.1 Å². The molecule has 0 N–H and O–H groups in total. The van der Waals surface area contributed by atoms with Crippen LogP contribution in [0.5, 0.6) is 0 Å². The lowest BCUT2D eigenvalue weighted by molar-refractivity contribution is 0.444. The second-order valence-corrected chi connectivity index (χ2v) is 6.04. The minimum atomic E-state index is -4.40. The first-order chi connectivity index (χ1) is 5.84. The predicted octanol–water partition coefficient (Wildman–Crippen LogP) is 2.69. The van der Waals surface area contributed by atoms with Crippen LogP contribution in [0.3, 0.4) is 0 Å². The van der Waals surface area contributed by atoms with Crippen molar-refractivity contribution in [1.82, 2.24) is 0 Å². The van der Waals surface area contributed by atoms with Crippen molar-refractivity contribution in [3.8, 4) is 12.1 Å². The van der Waals surface area contributed by atoms with E-state index in [1.807, 2.05) is 0 Å². The molecule has 2 nitrogen and oxygen atoms in total. The van der Waals surface area contributed by atoms with Crippen molar-refractivity contribution in [1.29, 1.82) is 10.5 Å². The Morgan fingerprint density at radius 3 is 1.62 bits per heavy atom. The van der Waals surface area contributed by atoms with E-state index in [1.165, 1.54) is 0 Å². The molecule has 0 aliphatic heterocycles. The average Bonchev–Trinajstić information content (AvgIpc) is 1.96. The molecule has 5 heteroatoms. The Morgan fingerprint density at radius 2 is 1.54 bits per heavy atom. The van der Waals surface area contributed by atoms with Gasteiger partial charge < -0.3 is 0 Å². The van der Waals surface area contributed by atoms with E-state index in [0.717, 1.165) is 6.55 Å². The lowest BCUT2D eigenvalue weighted by Gasteiger charge is -2.24. The van der Waals surface area contributed by atoms with Gasteiger partial charge in [-0.1, -0.05) is 13.8 Å². The molecule has 0 spiro atoms. The highest BCUT2D eigenvalue weighted by Crippen LogP contribution is 2.38. The third kappa shape index (κ3) is 3.12. The summed E-state index contributed by atoms with van der Waals surface area (Å²) in [5.74, 6) is -1.50. The third-order valence-corrected chi connectivity index (χ3v) is 4.11. The average molecular weight is 202 g/mol. The van der Waals surface area contributed by atoms with Crippen LogP contribution in [-0.4, -0.2) is 8.74 Å². The topological polar surface area (TPSA) is 47.6 Å². The Balaban J connectivity index is 4.86. The number of hydrogen-bond donors (Lipinski definition) is 0. The summed E-state index contributed by atoms with van der Waals surface area (Å²) in [5.41, 5.74) is -1.05. The van der Waals surface area contributed by atoms with Gasteiger partial charge in [0.1, 0.15) is 5.92 Å². The first-order valence-electron chi connectivity index (χ1n) is 4.01. The van der Waals surface area contributed by atoms with Gasteiger partial charge in [0.2, 0.25) is 0 Å². The van der Waals surface area contributed by atoms with Gasteiger partial charge in [0, 0.05) is 5.54 Å². The van der Waals surface area contributed by atoms with Crippen LogP contribution >= 0.6 is 0 Å². The first-order valence-corrected chi connectivity index (χ1v) is 6.35. The smallest absolute Gasteiger partial charge is 0.270 e. The Kier molecular flexibility index (Phi) is 4.02. The van der Waals surface area contributed by atoms with Gasteiger partial charge in [0.15, 0.2) is 0 Å². The largest absolute Gasteiger partial charge is 0.427 e.